The van der Waals surface area contributed by atoms with Crippen LogP contribution < -0.4 is 0 Å². The van der Waals surface area contributed by atoms with Crippen LogP contribution in [0.1, 0.15) is 53.9 Å². The van der Waals surface area contributed by atoms with Gasteiger partial charge in [-0.2, -0.15) is 0 Å². The lowest BCUT2D eigenvalue weighted by Gasteiger charge is -2.36. The monoisotopic (exact) mass is 299 g/mol. The van der Waals surface area contributed by atoms with E-state index in [0.717, 1.165) is 12.8 Å². The molecular weight excluding hydrogens is 270 g/mol. The van der Waals surface area contributed by atoms with Gasteiger partial charge in [0.2, 0.25) is 0 Å². The number of ketones is 1. The molecule has 1 aliphatic heterocycles. The Morgan fingerprint density at radius 1 is 1.29 bits per heavy atom. The molecule has 0 N–H and O–H groups in total. The summed E-state index contributed by atoms with van der Waals surface area (Å²) in [5, 5.41) is 0. The Balaban J connectivity index is 2.72. The fourth-order valence-corrected chi connectivity index (χ4v) is 2.41. The first kappa shape index (κ1) is 18.0. The zero-order valence-corrected chi connectivity index (χ0v) is 14.0. The van der Waals surface area contributed by atoms with Crippen molar-refractivity contribution in [3.8, 4) is 0 Å². The second-order valence-electron chi connectivity index (χ2n) is 6.62. The summed E-state index contributed by atoms with van der Waals surface area (Å²) in [5.41, 5.74) is -0.557. The van der Waals surface area contributed by atoms with Crippen molar-refractivity contribution >= 4 is 11.9 Å². The van der Waals surface area contributed by atoms with Crippen molar-refractivity contribution in [1.29, 1.82) is 0 Å². The van der Waals surface area contributed by atoms with Crippen LogP contribution in [0.3, 0.4) is 0 Å². The summed E-state index contributed by atoms with van der Waals surface area (Å²) >= 11 is 0. The van der Waals surface area contributed by atoms with E-state index in [0.29, 0.717) is 25.5 Å². The number of hydrogen-bond donors (Lipinski definition) is 0. The summed E-state index contributed by atoms with van der Waals surface area (Å²) in [6.45, 7) is 10.8. The van der Waals surface area contributed by atoms with Gasteiger partial charge in [-0.05, 0) is 26.7 Å². The van der Waals surface area contributed by atoms with E-state index in [1.807, 2.05) is 20.8 Å². The van der Waals surface area contributed by atoms with Gasteiger partial charge < -0.3 is 9.47 Å². The Morgan fingerprint density at radius 3 is 2.43 bits per heavy atom. The molecule has 1 saturated heterocycles. The normalized spacial score (nSPS) is 19.7. The van der Waals surface area contributed by atoms with Crippen LogP contribution in [-0.2, 0) is 14.3 Å². The summed E-state index contributed by atoms with van der Waals surface area (Å²) in [7, 11) is 0. The smallest absolute Gasteiger partial charge is 0.411 e. The van der Waals surface area contributed by atoms with Crippen molar-refractivity contribution < 1.29 is 19.1 Å². The van der Waals surface area contributed by atoms with E-state index in [9.17, 15) is 9.59 Å². The predicted molar refractivity (Wildman–Crippen MR) is 81.2 cm³/mol. The van der Waals surface area contributed by atoms with E-state index in [-0.39, 0.29) is 12.4 Å². The van der Waals surface area contributed by atoms with Gasteiger partial charge in [-0.3, -0.25) is 9.69 Å². The van der Waals surface area contributed by atoms with Gasteiger partial charge in [-0.1, -0.05) is 26.7 Å². The quantitative estimate of drug-likeness (QED) is 0.783. The average molecular weight is 299 g/mol. The van der Waals surface area contributed by atoms with E-state index in [1.165, 1.54) is 4.90 Å². The van der Waals surface area contributed by atoms with E-state index >= 15 is 0 Å². The van der Waals surface area contributed by atoms with Crippen LogP contribution in [0.4, 0.5) is 4.79 Å². The SMILES string of the molecule is CCC(CC)CC(=O)C1COCCN1C(=O)OC(C)(C)C. The third-order valence-electron chi connectivity index (χ3n) is 3.77. The van der Waals surface area contributed by atoms with Crippen molar-refractivity contribution in [1.82, 2.24) is 4.90 Å². The number of ether oxygens (including phenoxy) is 2. The third kappa shape index (κ3) is 5.65. The standard InChI is InChI=1S/C16H29NO4/c1-6-12(7-2)10-14(18)13-11-20-9-8-17(13)15(19)21-16(3,4)5/h12-13H,6-11H2,1-5H3. The van der Waals surface area contributed by atoms with E-state index < -0.39 is 17.7 Å². The molecular formula is C16H29NO4. The summed E-state index contributed by atoms with van der Waals surface area (Å²) in [6, 6.07) is -0.505. The highest BCUT2D eigenvalue weighted by Gasteiger charge is 2.35. The van der Waals surface area contributed by atoms with Crippen LogP contribution in [0, 0.1) is 5.92 Å². The lowest BCUT2D eigenvalue weighted by Crippen LogP contribution is -2.54. The number of amides is 1. The maximum absolute atomic E-state index is 12.5. The zero-order valence-electron chi connectivity index (χ0n) is 14.0. The lowest BCUT2D eigenvalue weighted by molar-refractivity contribution is -0.131. The number of nitrogens with zero attached hydrogens (tertiary/aromatic N) is 1. The highest BCUT2D eigenvalue weighted by Crippen LogP contribution is 2.20. The second-order valence-corrected chi connectivity index (χ2v) is 6.62. The van der Waals surface area contributed by atoms with Gasteiger partial charge in [0.25, 0.3) is 0 Å². The molecule has 0 aliphatic carbocycles. The predicted octanol–water partition coefficient (Wildman–Crippen LogP) is 3.02. The lowest BCUT2D eigenvalue weighted by atomic mass is 9.93. The van der Waals surface area contributed by atoms with E-state index in [2.05, 4.69) is 13.8 Å². The summed E-state index contributed by atoms with van der Waals surface area (Å²) in [4.78, 5) is 26.3. The molecule has 0 aromatic carbocycles. The molecule has 0 aromatic heterocycles. The van der Waals surface area contributed by atoms with Gasteiger partial charge in [0.05, 0.1) is 13.2 Å². The molecule has 0 saturated carbocycles. The van der Waals surface area contributed by atoms with E-state index in [1.54, 1.807) is 0 Å². The second kappa shape index (κ2) is 7.78. The maximum Gasteiger partial charge on any atom is 0.411 e. The molecule has 1 fully saturated rings. The fraction of sp³-hybridized carbons (Fsp3) is 0.875. The first-order valence-corrected chi connectivity index (χ1v) is 7.88. The summed E-state index contributed by atoms with van der Waals surface area (Å²) in [6.07, 6.45) is 2.03. The Kier molecular flexibility index (Phi) is 6.65. The van der Waals surface area contributed by atoms with Crippen molar-refractivity contribution in [2.75, 3.05) is 19.8 Å². The first-order chi connectivity index (χ1) is 9.78. The minimum absolute atomic E-state index is 0.0780. The minimum Gasteiger partial charge on any atom is -0.444 e. The molecule has 0 aromatic rings. The van der Waals surface area contributed by atoms with Crippen molar-refractivity contribution in [3.05, 3.63) is 0 Å². The summed E-state index contributed by atoms with van der Waals surface area (Å²) in [5.74, 6) is 0.453. The van der Waals surface area contributed by atoms with E-state index in [4.69, 9.17) is 9.47 Å². The first-order valence-electron chi connectivity index (χ1n) is 7.88. The van der Waals surface area contributed by atoms with Crippen LogP contribution in [0.25, 0.3) is 0 Å². The molecule has 1 aliphatic rings. The number of hydrogen-bond acceptors (Lipinski definition) is 4. The number of rotatable bonds is 5. The largest absolute Gasteiger partial charge is 0.444 e. The van der Waals surface area contributed by atoms with Gasteiger partial charge in [-0.15, -0.1) is 0 Å². The van der Waals surface area contributed by atoms with Gasteiger partial charge in [0, 0.05) is 13.0 Å². The maximum atomic E-state index is 12.5. The molecule has 122 valence electrons. The fourth-order valence-electron chi connectivity index (χ4n) is 2.41. The Labute approximate surface area is 128 Å². The Morgan fingerprint density at radius 2 is 1.90 bits per heavy atom. The molecule has 1 rings (SSSR count). The third-order valence-corrected chi connectivity index (χ3v) is 3.77. The number of morpholine rings is 1. The van der Waals surface area contributed by atoms with Crippen LogP contribution in [-0.4, -0.2) is 48.2 Å². The Bertz CT molecular complexity index is 358. The molecule has 0 radical (unpaired) electrons. The molecule has 1 amide bonds. The molecule has 1 atom stereocenters. The molecule has 1 heterocycles. The van der Waals surface area contributed by atoms with Gasteiger partial charge >= 0.3 is 6.09 Å². The Hall–Kier alpha value is -1.10. The summed E-state index contributed by atoms with van der Waals surface area (Å²) < 4.78 is 10.8. The molecule has 5 nitrogen and oxygen atoms in total. The topological polar surface area (TPSA) is 55.8 Å². The van der Waals surface area contributed by atoms with Gasteiger partial charge in [-0.25, -0.2) is 4.79 Å². The molecule has 0 spiro atoms. The average Bonchev–Trinajstić information content (AvgIpc) is 2.42. The van der Waals surface area contributed by atoms with Crippen LogP contribution >= 0.6 is 0 Å². The van der Waals surface area contributed by atoms with Crippen LogP contribution in [0.5, 0.6) is 0 Å². The highest BCUT2D eigenvalue weighted by atomic mass is 16.6. The van der Waals surface area contributed by atoms with Crippen molar-refractivity contribution in [2.45, 2.75) is 65.5 Å². The molecule has 1 unspecified atom stereocenters. The van der Waals surface area contributed by atoms with Crippen LogP contribution in [0.2, 0.25) is 0 Å². The van der Waals surface area contributed by atoms with Crippen molar-refractivity contribution in [2.24, 2.45) is 5.92 Å². The zero-order chi connectivity index (χ0) is 16.0. The molecule has 0 bridgehead atoms. The van der Waals surface area contributed by atoms with Gasteiger partial charge in [0.15, 0.2) is 5.78 Å². The number of Topliss-reactive ketones (excluding diaryl/α,β-unsaturated/α-hetero) is 1. The number of carbonyl (C=O) groups excluding carboxylic acids is 2. The molecule has 5 heteroatoms. The number of carbonyl (C=O) groups is 2. The van der Waals surface area contributed by atoms with Crippen LogP contribution in [0.15, 0.2) is 0 Å². The molecule has 21 heavy (non-hydrogen) atoms. The van der Waals surface area contributed by atoms with Crippen molar-refractivity contribution in [3.63, 3.8) is 0 Å². The highest BCUT2D eigenvalue weighted by molar-refractivity contribution is 5.88. The van der Waals surface area contributed by atoms with Gasteiger partial charge in [0.1, 0.15) is 11.6 Å². The minimum atomic E-state index is -0.557.